The quantitative estimate of drug-likeness (QED) is 0.0103. The molecule has 0 saturated heterocycles. The number of hydroxylamine groups is 2. The van der Waals surface area contributed by atoms with Gasteiger partial charge in [0.2, 0.25) is 12.3 Å². The molecule has 2 aromatic heterocycles. The van der Waals surface area contributed by atoms with Crippen molar-refractivity contribution in [2.24, 2.45) is 5.92 Å². The molecule has 0 bridgehead atoms. The maximum absolute atomic E-state index is 14.2. The minimum absolute atomic E-state index is 0.0490. The summed E-state index contributed by atoms with van der Waals surface area (Å²) in [5, 5.41) is 8.71. The number of carbonyl (C=O) groups is 8. The molecular formula is C57H59N5O14. The number of benzene rings is 4. The molecule has 0 saturated carbocycles. The van der Waals surface area contributed by atoms with E-state index in [2.05, 4.69) is 20.9 Å². The molecule has 0 aliphatic carbocycles. The molecule has 0 aliphatic heterocycles. The van der Waals surface area contributed by atoms with Crippen LogP contribution in [0.3, 0.4) is 0 Å². The molecule has 396 valence electrons. The number of nitrogens with one attached hydrogen (secondary N) is 3. The van der Waals surface area contributed by atoms with Crippen LogP contribution in [-0.2, 0) is 62.8 Å². The summed E-state index contributed by atoms with van der Waals surface area (Å²) in [6.45, 7) is 2.50. The van der Waals surface area contributed by atoms with Crippen LogP contribution >= 0.6 is 0 Å². The smallest absolute Gasteiger partial charge is 0.364 e. The monoisotopic (exact) mass is 1040 g/mol. The summed E-state index contributed by atoms with van der Waals surface area (Å²) in [6.07, 6.45) is 5.48. The molecule has 3 atom stereocenters. The summed E-state index contributed by atoms with van der Waals surface area (Å²) < 4.78 is 28.2. The minimum atomic E-state index is -1.52. The Morgan fingerprint density at radius 2 is 1.34 bits per heavy atom. The Hall–Kier alpha value is -9.13. The molecule has 6 aromatic rings. The molecule has 19 heteroatoms. The van der Waals surface area contributed by atoms with E-state index in [9.17, 15) is 38.4 Å². The van der Waals surface area contributed by atoms with Crippen molar-refractivity contribution in [3.8, 4) is 17.1 Å². The summed E-state index contributed by atoms with van der Waals surface area (Å²) in [5.74, 6) is -6.36. The number of carbonyl (C=O) groups excluding carboxylic acids is 8. The zero-order valence-corrected chi connectivity index (χ0v) is 42.1. The molecule has 2 unspecified atom stereocenters. The van der Waals surface area contributed by atoms with E-state index in [1.54, 1.807) is 91.9 Å². The topological polar surface area (TPSA) is 248 Å². The highest BCUT2D eigenvalue weighted by molar-refractivity contribution is 6.00. The summed E-state index contributed by atoms with van der Waals surface area (Å²) in [6, 6.07) is 34.4. The Labute approximate surface area is 439 Å². The van der Waals surface area contributed by atoms with Crippen molar-refractivity contribution in [2.45, 2.75) is 84.3 Å². The normalized spacial score (nSPS) is 11.9. The third-order valence-electron chi connectivity index (χ3n) is 11.7. The van der Waals surface area contributed by atoms with E-state index in [0.29, 0.717) is 35.9 Å². The number of furan rings is 1. The van der Waals surface area contributed by atoms with Gasteiger partial charge in [0.05, 0.1) is 36.2 Å². The summed E-state index contributed by atoms with van der Waals surface area (Å²) in [4.78, 5) is 115. The highest BCUT2D eigenvalue weighted by atomic mass is 16.7. The maximum atomic E-state index is 14.2. The van der Waals surface area contributed by atoms with Crippen LogP contribution in [0.5, 0.6) is 5.75 Å². The maximum Gasteiger partial charge on any atom is 0.364 e. The first-order valence-corrected chi connectivity index (χ1v) is 24.7. The number of pyridine rings is 1. The third-order valence-corrected chi connectivity index (χ3v) is 11.7. The van der Waals surface area contributed by atoms with E-state index in [1.807, 2.05) is 19.1 Å². The van der Waals surface area contributed by atoms with Crippen LogP contribution in [0, 0.1) is 5.92 Å². The summed E-state index contributed by atoms with van der Waals surface area (Å²) >= 11 is 0. The number of rotatable bonds is 29. The van der Waals surface area contributed by atoms with Gasteiger partial charge in [-0.3, -0.25) is 29.0 Å². The lowest BCUT2D eigenvalue weighted by Crippen LogP contribution is -2.49. The molecule has 4 amide bonds. The zero-order chi connectivity index (χ0) is 54.1. The fraction of sp³-hybridized carbons (Fsp3) is 0.281. The predicted octanol–water partition coefficient (Wildman–Crippen LogP) is 7.45. The highest BCUT2D eigenvalue weighted by Crippen LogP contribution is 2.30. The van der Waals surface area contributed by atoms with Gasteiger partial charge >= 0.3 is 23.9 Å². The van der Waals surface area contributed by atoms with Crippen molar-refractivity contribution in [1.82, 2.24) is 26.0 Å². The van der Waals surface area contributed by atoms with Crippen LogP contribution < -0.4 is 20.7 Å². The van der Waals surface area contributed by atoms with Crippen LogP contribution in [0.15, 0.2) is 150 Å². The van der Waals surface area contributed by atoms with E-state index >= 15 is 0 Å². The molecule has 0 fully saturated rings. The SMILES string of the molecule is CCCCCC(C(=O)NCNC(=O)c1ccc(-c2ccc(C(=O)NC(CC(=O)OCc3ccccc3)C(=O)OCc3ccccc3)c(OCC(=O)OCc3ccccc3)c2)o1)[C@@H](CC)N(C=O)OC(=O)c1cccnc1. The number of nitrogens with zero attached hydrogens (tertiary/aromatic N) is 2. The number of amides is 4. The van der Waals surface area contributed by atoms with Crippen LogP contribution in [0.4, 0.5) is 0 Å². The average molecular weight is 1040 g/mol. The lowest BCUT2D eigenvalue weighted by atomic mass is 9.90. The summed E-state index contributed by atoms with van der Waals surface area (Å²) in [5.41, 5.74) is 2.36. The number of ether oxygens (including phenoxy) is 4. The first-order valence-electron chi connectivity index (χ1n) is 24.7. The van der Waals surface area contributed by atoms with Crippen molar-refractivity contribution in [3.05, 3.63) is 179 Å². The van der Waals surface area contributed by atoms with Crippen molar-refractivity contribution >= 4 is 48.0 Å². The Bertz CT molecular complexity index is 2870. The second-order valence-electron chi connectivity index (χ2n) is 17.2. The molecule has 2 heterocycles. The van der Waals surface area contributed by atoms with E-state index < -0.39 is 72.6 Å². The number of esters is 3. The van der Waals surface area contributed by atoms with E-state index in [-0.39, 0.29) is 61.3 Å². The highest BCUT2D eigenvalue weighted by Gasteiger charge is 2.34. The molecule has 6 rings (SSSR count). The lowest BCUT2D eigenvalue weighted by Gasteiger charge is -2.31. The largest absolute Gasteiger partial charge is 0.481 e. The first-order chi connectivity index (χ1) is 37.0. The van der Waals surface area contributed by atoms with Crippen LogP contribution in [0.1, 0.15) is 100 Å². The van der Waals surface area contributed by atoms with Gasteiger partial charge in [-0.2, -0.15) is 5.06 Å². The van der Waals surface area contributed by atoms with Crippen molar-refractivity contribution < 1.29 is 66.6 Å². The second-order valence-corrected chi connectivity index (χ2v) is 17.2. The number of hydrogen-bond acceptors (Lipinski definition) is 15. The molecular weight excluding hydrogens is 979 g/mol. The summed E-state index contributed by atoms with van der Waals surface area (Å²) in [7, 11) is 0. The molecule has 19 nitrogen and oxygen atoms in total. The molecule has 0 radical (unpaired) electrons. The van der Waals surface area contributed by atoms with Gasteiger partial charge in [-0.05, 0) is 65.9 Å². The van der Waals surface area contributed by atoms with Gasteiger partial charge in [0.1, 0.15) is 37.4 Å². The Morgan fingerprint density at radius 3 is 1.95 bits per heavy atom. The second kappa shape index (κ2) is 29.5. The minimum Gasteiger partial charge on any atom is -0.481 e. The van der Waals surface area contributed by atoms with Crippen LogP contribution in [0.2, 0.25) is 0 Å². The van der Waals surface area contributed by atoms with Crippen molar-refractivity contribution in [3.63, 3.8) is 0 Å². The molecule has 3 N–H and O–H groups in total. The van der Waals surface area contributed by atoms with Gasteiger partial charge in [0.25, 0.3) is 11.8 Å². The lowest BCUT2D eigenvalue weighted by molar-refractivity contribution is -0.171. The Morgan fingerprint density at radius 1 is 0.697 bits per heavy atom. The van der Waals surface area contributed by atoms with Crippen LogP contribution in [0.25, 0.3) is 11.3 Å². The van der Waals surface area contributed by atoms with Gasteiger partial charge in [-0.1, -0.05) is 130 Å². The van der Waals surface area contributed by atoms with Gasteiger partial charge in [-0.15, -0.1) is 0 Å². The van der Waals surface area contributed by atoms with E-state index in [4.69, 9.17) is 28.2 Å². The van der Waals surface area contributed by atoms with E-state index in [0.717, 1.165) is 23.5 Å². The van der Waals surface area contributed by atoms with E-state index in [1.165, 1.54) is 48.8 Å². The van der Waals surface area contributed by atoms with Gasteiger partial charge < -0.3 is 44.2 Å². The van der Waals surface area contributed by atoms with Gasteiger partial charge in [0, 0.05) is 18.0 Å². The van der Waals surface area contributed by atoms with Gasteiger partial charge in [0.15, 0.2) is 12.4 Å². The number of aromatic nitrogens is 1. The Balaban J connectivity index is 1.16. The number of hydrogen-bond donors (Lipinski definition) is 3. The van der Waals surface area contributed by atoms with Crippen LogP contribution in [-0.4, -0.2) is 83.4 Å². The van der Waals surface area contributed by atoms with Gasteiger partial charge in [-0.25, -0.2) is 14.4 Å². The standard InChI is InChI=1S/C57H59N5O14/c1-3-5-9-24-44(47(4-2)62(38-63)76-56(69)43-23-16-29-58-32-43)53(66)59-37-60-55(68)49-28-27-48(75-49)42-25-26-45(50(30-42)71-36-52(65)73-34-40-19-12-7-13-20-40)54(67)61-46(57(70)74-35-41-21-14-8-15-22-41)31-51(64)72-33-39-17-10-6-11-18-39/h6-8,10-23,25-30,32,38,44,46-47H,3-5,9,24,31,33-37H2,1-2H3,(H,59,66)(H,60,68)(H,61,67)/t44?,46?,47-/m1/s1. The average Bonchev–Trinajstić information content (AvgIpc) is 3.96. The molecule has 4 aromatic carbocycles. The fourth-order valence-corrected chi connectivity index (χ4v) is 7.72. The molecule has 0 spiro atoms. The molecule has 0 aliphatic rings. The predicted molar refractivity (Wildman–Crippen MR) is 274 cm³/mol. The molecule has 76 heavy (non-hydrogen) atoms. The van der Waals surface area contributed by atoms with Crippen molar-refractivity contribution in [2.75, 3.05) is 13.3 Å². The Kier molecular flexibility index (Phi) is 21.8. The van der Waals surface area contributed by atoms with Crippen molar-refractivity contribution in [1.29, 1.82) is 0 Å². The fourth-order valence-electron chi connectivity index (χ4n) is 7.72. The zero-order valence-electron chi connectivity index (χ0n) is 42.1. The number of unbranched alkanes of at least 4 members (excludes halogenated alkanes) is 2. The third kappa shape index (κ3) is 17.2. The first kappa shape index (κ1) is 56.2.